The van der Waals surface area contributed by atoms with Gasteiger partial charge in [0.25, 0.3) is 0 Å². The standard InChI is InChI=1S/C12H21NO2S/c1-8(2)11(14)10-5-4-6-13(10)12(15)9(3)7-16/h8-10,16H,4-7H2,1-3H3. The van der Waals surface area contributed by atoms with E-state index in [1.807, 2.05) is 20.8 Å². The van der Waals surface area contributed by atoms with Crippen LogP contribution in [0.25, 0.3) is 0 Å². The summed E-state index contributed by atoms with van der Waals surface area (Å²) in [5.41, 5.74) is 0. The Balaban J connectivity index is 2.73. The van der Waals surface area contributed by atoms with Crippen molar-refractivity contribution in [3.8, 4) is 0 Å². The van der Waals surface area contributed by atoms with Crippen LogP contribution in [0.5, 0.6) is 0 Å². The van der Waals surface area contributed by atoms with Gasteiger partial charge in [-0.2, -0.15) is 12.6 Å². The Bertz CT molecular complexity index is 278. The summed E-state index contributed by atoms with van der Waals surface area (Å²) < 4.78 is 0. The van der Waals surface area contributed by atoms with Crippen molar-refractivity contribution < 1.29 is 9.59 Å². The van der Waals surface area contributed by atoms with E-state index < -0.39 is 0 Å². The maximum atomic E-state index is 12.0. The molecule has 0 N–H and O–H groups in total. The van der Waals surface area contributed by atoms with Gasteiger partial charge in [-0.1, -0.05) is 20.8 Å². The maximum Gasteiger partial charge on any atom is 0.226 e. The molecule has 0 radical (unpaired) electrons. The Morgan fingerprint density at radius 1 is 1.38 bits per heavy atom. The van der Waals surface area contributed by atoms with Crippen molar-refractivity contribution in [1.82, 2.24) is 4.90 Å². The molecule has 1 amide bonds. The van der Waals surface area contributed by atoms with Gasteiger partial charge in [-0.25, -0.2) is 0 Å². The van der Waals surface area contributed by atoms with E-state index in [1.54, 1.807) is 4.90 Å². The van der Waals surface area contributed by atoms with Gasteiger partial charge in [0.1, 0.15) is 0 Å². The van der Waals surface area contributed by atoms with Crippen molar-refractivity contribution >= 4 is 24.3 Å². The van der Waals surface area contributed by atoms with Crippen LogP contribution in [0, 0.1) is 11.8 Å². The first-order valence-corrected chi connectivity index (χ1v) is 6.57. The number of Topliss-reactive ketones (excluding diaryl/α,β-unsaturated/α-hetero) is 1. The normalized spacial score (nSPS) is 22.6. The zero-order chi connectivity index (χ0) is 12.3. The second kappa shape index (κ2) is 5.71. The summed E-state index contributed by atoms with van der Waals surface area (Å²) in [6.07, 6.45) is 1.76. The molecule has 1 aliphatic rings. The van der Waals surface area contributed by atoms with Gasteiger partial charge in [0.2, 0.25) is 5.91 Å². The van der Waals surface area contributed by atoms with Crippen LogP contribution >= 0.6 is 12.6 Å². The molecule has 2 atom stereocenters. The lowest BCUT2D eigenvalue weighted by atomic mass is 9.99. The van der Waals surface area contributed by atoms with Crippen molar-refractivity contribution in [3.05, 3.63) is 0 Å². The van der Waals surface area contributed by atoms with Gasteiger partial charge in [-0.3, -0.25) is 9.59 Å². The molecular weight excluding hydrogens is 222 g/mol. The number of thiol groups is 1. The second-order valence-electron chi connectivity index (χ2n) is 4.83. The zero-order valence-corrected chi connectivity index (χ0v) is 11.2. The Morgan fingerprint density at radius 2 is 2.00 bits per heavy atom. The van der Waals surface area contributed by atoms with Crippen LogP contribution in [-0.2, 0) is 9.59 Å². The van der Waals surface area contributed by atoms with Crippen LogP contribution in [-0.4, -0.2) is 34.9 Å². The monoisotopic (exact) mass is 243 g/mol. The quantitative estimate of drug-likeness (QED) is 0.764. The van der Waals surface area contributed by atoms with E-state index in [4.69, 9.17) is 0 Å². The number of ketones is 1. The number of amides is 1. The van der Waals surface area contributed by atoms with Gasteiger partial charge in [0.05, 0.1) is 6.04 Å². The summed E-state index contributed by atoms with van der Waals surface area (Å²) >= 11 is 4.14. The molecule has 3 nitrogen and oxygen atoms in total. The number of nitrogens with zero attached hydrogens (tertiary/aromatic N) is 1. The molecule has 0 aromatic heterocycles. The van der Waals surface area contributed by atoms with E-state index in [9.17, 15) is 9.59 Å². The molecule has 0 aliphatic carbocycles. The van der Waals surface area contributed by atoms with Gasteiger partial charge >= 0.3 is 0 Å². The van der Waals surface area contributed by atoms with Gasteiger partial charge in [0.15, 0.2) is 5.78 Å². The number of rotatable bonds is 4. The molecule has 0 spiro atoms. The van der Waals surface area contributed by atoms with E-state index in [0.717, 1.165) is 19.4 Å². The van der Waals surface area contributed by atoms with Crippen molar-refractivity contribution in [2.24, 2.45) is 11.8 Å². The summed E-state index contributed by atoms with van der Waals surface area (Å²) in [7, 11) is 0. The Labute approximate surface area is 103 Å². The van der Waals surface area contributed by atoms with Crippen LogP contribution in [0.1, 0.15) is 33.6 Å². The molecule has 1 fully saturated rings. The lowest BCUT2D eigenvalue weighted by Crippen LogP contribution is -2.44. The molecular formula is C12H21NO2S. The Hall–Kier alpha value is -0.510. The molecule has 1 heterocycles. The molecule has 16 heavy (non-hydrogen) atoms. The number of likely N-dealkylation sites (tertiary alicyclic amines) is 1. The molecule has 4 heteroatoms. The first-order valence-electron chi connectivity index (χ1n) is 5.94. The lowest BCUT2D eigenvalue weighted by Gasteiger charge is -2.27. The highest BCUT2D eigenvalue weighted by atomic mass is 32.1. The first kappa shape index (κ1) is 13.6. The highest BCUT2D eigenvalue weighted by Crippen LogP contribution is 2.23. The molecule has 1 saturated heterocycles. The molecule has 0 aromatic carbocycles. The minimum absolute atomic E-state index is 0.00436. The SMILES string of the molecule is CC(C)C(=O)C1CCCN1C(=O)C(C)CS. The van der Waals surface area contributed by atoms with Gasteiger partial charge in [-0.15, -0.1) is 0 Å². The molecule has 0 saturated carbocycles. The number of carbonyl (C=O) groups excluding carboxylic acids is 2. The minimum Gasteiger partial charge on any atom is -0.332 e. The molecule has 1 aliphatic heterocycles. The first-order chi connectivity index (χ1) is 7.49. The number of hydrogen-bond donors (Lipinski definition) is 1. The van der Waals surface area contributed by atoms with Crippen LogP contribution in [0.4, 0.5) is 0 Å². The maximum absolute atomic E-state index is 12.0. The highest BCUT2D eigenvalue weighted by Gasteiger charge is 2.36. The molecule has 2 unspecified atom stereocenters. The minimum atomic E-state index is -0.185. The zero-order valence-electron chi connectivity index (χ0n) is 10.3. The number of hydrogen-bond acceptors (Lipinski definition) is 3. The van der Waals surface area contributed by atoms with Crippen LogP contribution in [0.3, 0.4) is 0 Å². The Morgan fingerprint density at radius 3 is 2.50 bits per heavy atom. The smallest absolute Gasteiger partial charge is 0.226 e. The van der Waals surface area contributed by atoms with Crippen molar-refractivity contribution in [1.29, 1.82) is 0 Å². The third kappa shape index (κ3) is 2.78. The average molecular weight is 243 g/mol. The summed E-state index contributed by atoms with van der Waals surface area (Å²) in [5.74, 6) is 0.718. The average Bonchev–Trinajstić information content (AvgIpc) is 2.74. The van der Waals surface area contributed by atoms with E-state index >= 15 is 0 Å². The second-order valence-corrected chi connectivity index (χ2v) is 5.20. The van der Waals surface area contributed by atoms with E-state index in [1.165, 1.54) is 0 Å². The molecule has 1 rings (SSSR count). The summed E-state index contributed by atoms with van der Waals surface area (Å²) in [6.45, 7) is 6.38. The van der Waals surface area contributed by atoms with Crippen LogP contribution in [0.15, 0.2) is 0 Å². The van der Waals surface area contributed by atoms with Crippen molar-refractivity contribution in [3.63, 3.8) is 0 Å². The van der Waals surface area contributed by atoms with E-state index in [-0.39, 0.29) is 29.6 Å². The van der Waals surface area contributed by atoms with Crippen molar-refractivity contribution in [2.45, 2.75) is 39.7 Å². The third-order valence-corrected chi connectivity index (χ3v) is 3.68. The van der Waals surface area contributed by atoms with Gasteiger partial charge in [-0.05, 0) is 12.8 Å². The number of carbonyl (C=O) groups is 2. The highest BCUT2D eigenvalue weighted by molar-refractivity contribution is 7.80. The third-order valence-electron chi connectivity index (χ3n) is 3.13. The van der Waals surface area contributed by atoms with Crippen molar-refractivity contribution in [2.75, 3.05) is 12.3 Å². The topological polar surface area (TPSA) is 37.4 Å². The fourth-order valence-electron chi connectivity index (χ4n) is 2.07. The van der Waals surface area contributed by atoms with Gasteiger partial charge in [0, 0.05) is 24.1 Å². The summed E-state index contributed by atoms with van der Waals surface area (Å²) in [5, 5.41) is 0. The largest absolute Gasteiger partial charge is 0.332 e. The fraction of sp³-hybridized carbons (Fsp3) is 0.833. The predicted octanol–water partition coefficient (Wildman–Crippen LogP) is 1.77. The predicted molar refractivity (Wildman–Crippen MR) is 67.6 cm³/mol. The lowest BCUT2D eigenvalue weighted by molar-refractivity contribution is -0.140. The van der Waals surface area contributed by atoms with Crippen LogP contribution < -0.4 is 0 Å². The van der Waals surface area contributed by atoms with Crippen LogP contribution in [0.2, 0.25) is 0 Å². The van der Waals surface area contributed by atoms with Gasteiger partial charge < -0.3 is 4.90 Å². The molecule has 92 valence electrons. The molecule has 0 aromatic rings. The summed E-state index contributed by atoms with van der Waals surface area (Å²) in [4.78, 5) is 25.7. The molecule has 0 bridgehead atoms. The van der Waals surface area contributed by atoms with E-state index in [2.05, 4.69) is 12.6 Å². The Kier molecular flexibility index (Phi) is 4.84. The van der Waals surface area contributed by atoms with E-state index in [0.29, 0.717) is 5.75 Å². The fourth-order valence-corrected chi connectivity index (χ4v) is 2.23. The summed E-state index contributed by atoms with van der Waals surface area (Å²) in [6, 6.07) is -0.185.